The second-order valence-corrected chi connectivity index (χ2v) is 3.39. The van der Waals surface area contributed by atoms with Crippen LogP contribution in [0.2, 0.25) is 5.02 Å². The Bertz CT molecular complexity index is 323. The van der Waals surface area contributed by atoms with Crippen molar-refractivity contribution in [2.24, 2.45) is 0 Å². The predicted octanol–water partition coefficient (Wildman–Crippen LogP) is 2.33. The SMILES string of the molecule is O=C(CCl)NCc1cc(F)cc(Cl)c1. The maximum atomic E-state index is 12.8. The largest absolute Gasteiger partial charge is 0.351 e. The van der Waals surface area contributed by atoms with Crippen molar-refractivity contribution >= 4 is 29.1 Å². The van der Waals surface area contributed by atoms with Crippen molar-refractivity contribution in [1.29, 1.82) is 0 Å². The van der Waals surface area contributed by atoms with Crippen LogP contribution in [0.15, 0.2) is 18.2 Å². The van der Waals surface area contributed by atoms with Gasteiger partial charge in [0.2, 0.25) is 5.91 Å². The zero-order valence-corrected chi connectivity index (χ0v) is 8.70. The first-order valence-corrected chi connectivity index (χ1v) is 4.80. The van der Waals surface area contributed by atoms with Crippen LogP contribution in [-0.2, 0) is 11.3 Å². The summed E-state index contributed by atoms with van der Waals surface area (Å²) in [6.07, 6.45) is 0. The average Bonchev–Trinajstić information content (AvgIpc) is 2.12. The third kappa shape index (κ3) is 3.52. The summed E-state index contributed by atoms with van der Waals surface area (Å²) in [7, 11) is 0. The molecular formula is C9H8Cl2FNO. The second-order valence-electron chi connectivity index (χ2n) is 2.69. The third-order valence-electron chi connectivity index (χ3n) is 1.53. The van der Waals surface area contributed by atoms with Gasteiger partial charge in [-0.3, -0.25) is 4.79 Å². The highest BCUT2D eigenvalue weighted by Crippen LogP contribution is 2.13. The standard InChI is InChI=1S/C9H8Cl2FNO/c10-4-9(14)13-5-6-1-7(11)3-8(12)2-6/h1-3H,4-5H2,(H,13,14). The van der Waals surface area contributed by atoms with E-state index in [4.69, 9.17) is 23.2 Å². The molecule has 0 bridgehead atoms. The molecule has 0 saturated carbocycles. The summed E-state index contributed by atoms with van der Waals surface area (Å²) >= 11 is 10.9. The molecule has 0 heterocycles. The van der Waals surface area contributed by atoms with E-state index in [-0.39, 0.29) is 18.3 Å². The van der Waals surface area contributed by atoms with E-state index in [1.54, 1.807) is 6.07 Å². The molecule has 14 heavy (non-hydrogen) atoms. The Balaban J connectivity index is 2.63. The summed E-state index contributed by atoms with van der Waals surface area (Å²) in [4.78, 5) is 10.8. The molecular weight excluding hydrogens is 228 g/mol. The van der Waals surface area contributed by atoms with Crippen molar-refractivity contribution in [3.8, 4) is 0 Å². The van der Waals surface area contributed by atoms with Gasteiger partial charge in [-0.15, -0.1) is 11.6 Å². The van der Waals surface area contributed by atoms with Gasteiger partial charge in [0, 0.05) is 11.6 Å². The number of carbonyl (C=O) groups is 1. The fourth-order valence-electron chi connectivity index (χ4n) is 0.961. The molecule has 0 aromatic heterocycles. The van der Waals surface area contributed by atoms with Gasteiger partial charge in [0.1, 0.15) is 11.7 Å². The summed E-state index contributed by atoms with van der Waals surface area (Å²) in [5, 5.41) is 2.81. The minimum absolute atomic E-state index is 0.108. The number of hydrogen-bond acceptors (Lipinski definition) is 1. The lowest BCUT2D eigenvalue weighted by Crippen LogP contribution is -2.23. The molecule has 2 nitrogen and oxygen atoms in total. The number of amides is 1. The van der Waals surface area contributed by atoms with Crippen LogP contribution >= 0.6 is 23.2 Å². The maximum absolute atomic E-state index is 12.8. The topological polar surface area (TPSA) is 29.1 Å². The van der Waals surface area contributed by atoms with Crippen LogP contribution in [0, 0.1) is 5.82 Å². The van der Waals surface area contributed by atoms with Gasteiger partial charge >= 0.3 is 0 Å². The van der Waals surface area contributed by atoms with E-state index >= 15 is 0 Å². The van der Waals surface area contributed by atoms with Crippen LogP contribution in [0.5, 0.6) is 0 Å². The number of rotatable bonds is 3. The molecule has 1 rings (SSSR count). The summed E-state index contributed by atoms with van der Waals surface area (Å²) in [6, 6.07) is 4.09. The van der Waals surface area contributed by atoms with E-state index in [2.05, 4.69) is 5.32 Å². The quantitative estimate of drug-likeness (QED) is 0.801. The molecule has 0 fully saturated rings. The van der Waals surface area contributed by atoms with Crippen molar-refractivity contribution in [3.05, 3.63) is 34.6 Å². The lowest BCUT2D eigenvalue weighted by molar-refractivity contribution is -0.118. The highest BCUT2D eigenvalue weighted by Gasteiger charge is 2.01. The van der Waals surface area contributed by atoms with Crippen LogP contribution in [0.25, 0.3) is 0 Å². The molecule has 0 aliphatic rings. The molecule has 1 N–H and O–H groups in total. The van der Waals surface area contributed by atoms with E-state index in [9.17, 15) is 9.18 Å². The molecule has 0 radical (unpaired) electrons. The number of benzene rings is 1. The van der Waals surface area contributed by atoms with Crippen LogP contribution in [0.1, 0.15) is 5.56 Å². The Morgan fingerprint density at radius 1 is 1.43 bits per heavy atom. The predicted molar refractivity (Wildman–Crippen MR) is 54.0 cm³/mol. The van der Waals surface area contributed by atoms with Gasteiger partial charge in [0.05, 0.1) is 0 Å². The molecule has 0 unspecified atom stereocenters. The molecule has 1 amide bonds. The number of nitrogens with one attached hydrogen (secondary N) is 1. The van der Waals surface area contributed by atoms with E-state index < -0.39 is 5.82 Å². The lowest BCUT2D eigenvalue weighted by Gasteiger charge is -2.03. The van der Waals surface area contributed by atoms with Gasteiger partial charge in [0.25, 0.3) is 0 Å². The van der Waals surface area contributed by atoms with E-state index in [0.717, 1.165) is 0 Å². The first-order chi connectivity index (χ1) is 6.61. The molecule has 76 valence electrons. The fourth-order valence-corrected chi connectivity index (χ4v) is 1.30. The van der Waals surface area contributed by atoms with Gasteiger partial charge in [-0.05, 0) is 23.8 Å². The highest BCUT2D eigenvalue weighted by atomic mass is 35.5. The van der Waals surface area contributed by atoms with Crippen molar-refractivity contribution in [3.63, 3.8) is 0 Å². The summed E-state index contributed by atoms with van der Waals surface area (Å²) in [6.45, 7) is 0.225. The average molecular weight is 236 g/mol. The Kier molecular flexibility index (Phi) is 4.17. The zero-order valence-electron chi connectivity index (χ0n) is 7.19. The van der Waals surface area contributed by atoms with Crippen LogP contribution < -0.4 is 5.32 Å². The molecule has 0 aliphatic heterocycles. The second kappa shape index (κ2) is 5.17. The maximum Gasteiger partial charge on any atom is 0.235 e. The van der Waals surface area contributed by atoms with Gasteiger partial charge < -0.3 is 5.32 Å². The highest BCUT2D eigenvalue weighted by molar-refractivity contribution is 6.30. The van der Waals surface area contributed by atoms with Crippen molar-refractivity contribution in [2.45, 2.75) is 6.54 Å². The molecule has 1 aromatic rings. The third-order valence-corrected chi connectivity index (χ3v) is 1.99. The minimum Gasteiger partial charge on any atom is -0.351 e. The monoisotopic (exact) mass is 235 g/mol. The van der Waals surface area contributed by atoms with E-state index in [1.807, 2.05) is 0 Å². The Hall–Kier alpha value is -0.800. The van der Waals surface area contributed by atoms with Gasteiger partial charge in [-0.1, -0.05) is 11.6 Å². The van der Waals surface area contributed by atoms with Crippen molar-refractivity contribution in [1.82, 2.24) is 5.32 Å². The van der Waals surface area contributed by atoms with Crippen molar-refractivity contribution in [2.75, 3.05) is 5.88 Å². The molecule has 5 heteroatoms. The first-order valence-electron chi connectivity index (χ1n) is 3.89. The number of hydrogen-bond donors (Lipinski definition) is 1. The minimum atomic E-state index is -0.423. The summed E-state index contributed by atoms with van der Waals surface area (Å²) in [5.74, 6) is -0.831. The summed E-state index contributed by atoms with van der Waals surface area (Å²) < 4.78 is 12.8. The van der Waals surface area contributed by atoms with Gasteiger partial charge in [-0.2, -0.15) is 0 Å². The molecule has 0 spiro atoms. The number of carbonyl (C=O) groups excluding carboxylic acids is 1. The van der Waals surface area contributed by atoms with Crippen molar-refractivity contribution < 1.29 is 9.18 Å². The van der Waals surface area contributed by atoms with E-state index in [0.29, 0.717) is 10.6 Å². The Morgan fingerprint density at radius 2 is 2.14 bits per heavy atom. The summed E-state index contributed by atoms with van der Waals surface area (Å²) in [5.41, 5.74) is 0.605. The molecule has 0 saturated heterocycles. The smallest absolute Gasteiger partial charge is 0.235 e. The fraction of sp³-hybridized carbons (Fsp3) is 0.222. The first kappa shape index (κ1) is 11.3. The van der Waals surface area contributed by atoms with Gasteiger partial charge in [-0.25, -0.2) is 4.39 Å². The zero-order chi connectivity index (χ0) is 10.6. The van der Waals surface area contributed by atoms with E-state index in [1.165, 1.54) is 12.1 Å². The number of alkyl halides is 1. The Morgan fingerprint density at radius 3 is 2.71 bits per heavy atom. The molecule has 1 aromatic carbocycles. The normalized spacial score (nSPS) is 9.93. The van der Waals surface area contributed by atoms with Gasteiger partial charge in [0.15, 0.2) is 0 Å². The number of halogens is 3. The van der Waals surface area contributed by atoms with Crippen LogP contribution in [0.3, 0.4) is 0 Å². The van der Waals surface area contributed by atoms with Crippen LogP contribution in [0.4, 0.5) is 4.39 Å². The lowest BCUT2D eigenvalue weighted by atomic mass is 10.2. The Labute approximate surface area is 91.0 Å². The molecule has 0 aliphatic carbocycles. The molecule has 0 atom stereocenters. The van der Waals surface area contributed by atoms with Crippen LogP contribution in [-0.4, -0.2) is 11.8 Å².